The van der Waals surface area contributed by atoms with E-state index in [-0.39, 0.29) is 24.0 Å². The Bertz CT molecular complexity index is 316. The van der Waals surface area contributed by atoms with Crippen molar-refractivity contribution >= 4 is 29.9 Å². The highest BCUT2D eigenvalue weighted by atomic mass is 127. The first-order chi connectivity index (χ1) is 9.11. The molecule has 2 fully saturated rings. The Morgan fingerprint density at radius 1 is 1.40 bits per heavy atom. The van der Waals surface area contributed by atoms with Crippen molar-refractivity contribution in [1.82, 2.24) is 10.2 Å². The smallest absolute Gasteiger partial charge is 0.193 e. The van der Waals surface area contributed by atoms with Crippen molar-refractivity contribution in [2.24, 2.45) is 16.3 Å². The van der Waals surface area contributed by atoms with Gasteiger partial charge in [-0.05, 0) is 37.0 Å². The molecule has 1 N–H and O–H groups in total. The monoisotopic (exact) mass is 395 g/mol. The number of nitrogens with zero attached hydrogens (tertiary/aromatic N) is 2. The minimum atomic E-state index is 0. The van der Waals surface area contributed by atoms with Crippen LogP contribution in [0.15, 0.2) is 4.99 Å². The number of nitrogens with one attached hydrogen (secondary N) is 1. The Kier molecular flexibility index (Phi) is 7.58. The van der Waals surface area contributed by atoms with E-state index in [1.165, 1.54) is 19.3 Å². The number of hydrogen-bond donors (Lipinski definition) is 1. The Morgan fingerprint density at radius 2 is 2.15 bits per heavy atom. The molecule has 0 amide bonds. The molecule has 1 aliphatic heterocycles. The van der Waals surface area contributed by atoms with E-state index >= 15 is 0 Å². The van der Waals surface area contributed by atoms with E-state index in [0.717, 1.165) is 51.1 Å². The highest BCUT2D eigenvalue weighted by molar-refractivity contribution is 14.0. The van der Waals surface area contributed by atoms with Crippen molar-refractivity contribution in [3.8, 4) is 0 Å². The van der Waals surface area contributed by atoms with Gasteiger partial charge in [0.2, 0.25) is 0 Å². The predicted octanol–water partition coefficient (Wildman–Crippen LogP) is 2.73. The molecule has 118 valence electrons. The van der Waals surface area contributed by atoms with Crippen molar-refractivity contribution in [2.75, 3.05) is 39.9 Å². The lowest BCUT2D eigenvalue weighted by Crippen LogP contribution is -2.41. The molecule has 0 aromatic rings. The van der Waals surface area contributed by atoms with Crippen molar-refractivity contribution in [2.45, 2.75) is 39.5 Å². The summed E-state index contributed by atoms with van der Waals surface area (Å²) in [7, 11) is 1.87. The van der Waals surface area contributed by atoms with Crippen molar-refractivity contribution in [3.63, 3.8) is 0 Å². The summed E-state index contributed by atoms with van der Waals surface area (Å²) < 4.78 is 5.64. The average Bonchev–Trinajstić information content (AvgIpc) is 3.12. The fourth-order valence-electron chi connectivity index (χ4n) is 2.53. The van der Waals surface area contributed by atoms with Crippen LogP contribution in [0.4, 0.5) is 0 Å². The Hall–Kier alpha value is -0.0400. The molecule has 0 bridgehead atoms. The maximum atomic E-state index is 5.64. The van der Waals surface area contributed by atoms with E-state index < -0.39 is 0 Å². The number of ether oxygens (including phenoxy) is 1. The summed E-state index contributed by atoms with van der Waals surface area (Å²) in [6.45, 7) is 9.66. The van der Waals surface area contributed by atoms with Crippen molar-refractivity contribution in [1.29, 1.82) is 0 Å². The van der Waals surface area contributed by atoms with Gasteiger partial charge in [0.25, 0.3) is 0 Å². The van der Waals surface area contributed by atoms with Crippen LogP contribution in [-0.4, -0.2) is 50.8 Å². The van der Waals surface area contributed by atoms with Gasteiger partial charge >= 0.3 is 0 Å². The lowest BCUT2D eigenvalue weighted by atomic mass is 9.93. The zero-order valence-corrected chi connectivity index (χ0v) is 15.5. The molecule has 20 heavy (non-hydrogen) atoms. The van der Waals surface area contributed by atoms with Crippen LogP contribution >= 0.6 is 24.0 Å². The average molecular weight is 395 g/mol. The van der Waals surface area contributed by atoms with E-state index in [4.69, 9.17) is 4.74 Å². The first-order valence-corrected chi connectivity index (χ1v) is 7.64. The first-order valence-electron chi connectivity index (χ1n) is 7.64. The van der Waals surface area contributed by atoms with Gasteiger partial charge in [-0.25, -0.2) is 0 Å². The second-order valence-electron chi connectivity index (χ2n) is 6.68. The van der Waals surface area contributed by atoms with Gasteiger partial charge < -0.3 is 15.0 Å². The van der Waals surface area contributed by atoms with Gasteiger partial charge in [0.05, 0.1) is 0 Å². The summed E-state index contributed by atoms with van der Waals surface area (Å²) in [6, 6.07) is 0. The molecular weight excluding hydrogens is 365 g/mol. The number of hydrogen-bond acceptors (Lipinski definition) is 2. The van der Waals surface area contributed by atoms with Crippen LogP contribution in [-0.2, 0) is 4.74 Å². The van der Waals surface area contributed by atoms with E-state index in [1.54, 1.807) is 0 Å². The number of guanidine groups is 1. The number of rotatable bonds is 6. The van der Waals surface area contributed by atoms with Crippen LogP contribution in [0.3, 0.4) is 0 Å². The van der Waals surface area contributed by atoms with Crippen LogP contribution < -0.4 is 5.32 Å². The third kappa shape index (κ3) is 6.16. The van der Waals surface area contributed by atoms with E-state index in [1.807, 2.05) is 7.05 Å². The van der Waals surface area contributed by atoms with Gasteiger partial charge in [-0.15, -0.1) is 24.0 Å². The molecule has 1 saturated carbocycles. The van der Waals surface area contributed by atoms with Gasteiger partial charge in [-0.2, -0.15) is 0 Å². The third-order valence-corrected chi connectivity index (χ3v) is 3.99. The minimum absolute atomic E-state index is 0. The first kappa shape index (κ1) is 18.0. The van der Waals surface area contributed by atoms with E-state index in [0.29, 0.717) is 5.41 Å². The molecule has 0 atom stereocenters. The molecular formula is C15H30IN3O. The van der Waals surface area contributed by atoms with Crippen LogP contribution in [0.25, 0.3) is 0 Å². The standard InChI is InChI=1S/C15H29N3O.HI/c1-15(2)7-9-18(12-15)14(16-3)17-8-4-10-19-11-13-5-6-13;/h13H,4-12H2,1-3H3,(H,16,17);1H. The number of aliphatic imine (C=N–C) groups is 1. The molecule has 0 aromatic heterocycles. The molecule has 1 saturated heterocycles. The second kappa shape index (κ2) is 8.41. The normalized spacial score (nSPS) is 21.8. The molecule has 0 aromatic carbocycles. The Balaban J connectivity index is 0.00000200. The quantitative estimate of drug-likeness (QED) is 0.325. The Labute approximate surface area is 140 Å². The molecule has 2 rings (SSSR count). The van der Waals surface area contributed by atoms with Crippen LogP contribution in [0.2, 0.25) is 0 Å². The van der Waals surface area contributed by atoms with Crippen molar-refractivity contribution < 1.29 is 4.74 Å². The number of halogens is 1. The molecule has 0 radical (unpaired) electrons. The summed E-state index contributed by atoms with van der Waals surface area (Å²) in [5.74, 6) is 1.92. The summed E-state index contributed by atoms with van der Waals surface area (Å²) in [5, 5.41) is 3.45. The maximum absolute atomic E-state index is 5.64. The second-order valence-corrected chi connectivity index (χ2v) is 6.68. The largest absolute Gasteiger partial charge is 0.381 e. The van der Waals surface area contributed by atoms with Crippen LogP contribution in [0.5, 0.6) is 0 Å². The van der Waals surface area contributed by atoms with Gasteiger partial charge in [-0.3, -0.25) is 4.99 Å². The highest BCUT2D eigenvalue weighted by Crippen LogP contribution is 2.29. The summed E-state index contributed by atoms with van der Waals surface area (Å²) >= 11 is 0. The maximum Gasteiger partial charge on any atom is 0.193 e. The topological polar surface area (TPSA) is 36.9 Å². The molecule has 0 unspecified atom stereocenters. The zero-order chi connectivity index (χ0) is 13.7. The molecule has 2 aliphatic rings. The SMILES string of the molecule is CN=C(NCCCOCC1CC1)N1CCC(C)(C)C1.I. The number of likely N-dealkylation sites (tertiary alicyclic amines) is 1. The van der Waals surface area contributed by atoms with Crippen LogP contribution in [0.1, 0.15) is 39.5 Å². The molecule has 5 heteroatoms. The summed E-state index contributed by atoms with van der Waals surface area (Å²) in [6.07, 6.45) is 5.05. The summed E-state index contributed by atoms with van der Waals surface area (Å²) in [4.78, 5) is 6.75. The molecule has 4 nitrogen and oxygen atoms in total. The molecule has 1 aliphatic carbocycles. The third-order valence-electron chi connectivity index (χ3n) is 3.99. The lowest BCUT2D eigenvalue weighted by molar-refractivity contribution is 0.122. The van der Waals surface area contributed by atoms with Crippen molar-refractivity contribution in [3.05, 3.63) is 0 Å². The van der Waals surface area contributed by atoms with Gasteiger partial charge in [0, 0.05) is 39.9 Å². The van der Waals surface area contributed by atoms with E-state index in [2.05, 4.69) is 29.1 Å². The predicted molar refractivity (Wildman–Crippen MR) is 94.9 cm³/mol. The fraction of sp³-hybridized carbons (Fsp3) is 0.933. The summed E-state index contributed by atoms with van der Waals surface area (Å²) in [5.41, 5.74) is 0.422. The van der Waals surface area contributed by atoms with Gasteiger partial charge in [-0.1, -0.05) is 13.8 Å². The van der Waals surface area contributed by atoms with Gasteiger partial charge in [0.1, 0.15) is 0 Å². The fourth-order valence-corrected chi connectivity index (χ4v) is 2.53. The van der Waals surface area contributed by atoms with Crippen LogP contribution in [0, 0.1) is 11.3 Å². The Morgan fingerprint density at radius 3 is 2.70 bits per heavy atom. The molecule has 0 spiro atoms. The zero-order valence-electron chi connectivity index (χ0n) is 13.2. The molecule has 1 heterocycles. The minimum Gasteiger partial charge on any atom is -0.381 e. The van der Waals surface area contributed by atoms with E-state index in [9.17, 15) is 0 Å². The lowest BCUT2D eigenvalue weighted by Gasteiger charge is -2.23. The highest BCUT2D eigenvalue weighted by Gasteiger charge is 2.30. The van der Waals surface area contributed by atoms with Gasteiger partial charge in [0.15, 0.2) is 5.96 Å².